The number of piperidine rings is 1. The molecule has 0 spiro atoms. The number of hydrogen-bond donors (Lipinski definition) is 1. The van der Waals surface area contributed by atoms with Crippen LogP contribution in [0.4, 0.5) is 4.39 Å². The summed E-state index contributed by atoms with van der Waals surface area (Å²) in [7, 11) is 0. The maximum absolute atomic E-state index is 12.9. The van der Waals surface area contributed by atoms with Crippen LogP contribution < -0.4 is 0 Å². The molecular formula is C16H18FN3O. The van der Waals surface area contributed by atoms with Crippen LogP contribution in [-0.4, -0.2) is 34.1 Å². The van der Waals surface area contributed by atoms with E-state index in [1.54, 1.807) is 18.2 Å². The van der Waals surface area contributed by atoms with E-state index in [1.807, 2.05) is 4.90 Å². The van der Waals surface area contributed by atoms with Gasteiger partial charge >= 0.3 is 0 Å². The van der Waals surface area contributed by atoms with Gasteiger partial charge < -0.3 is 4.90 Å². The van der Waals surface area contributed by atoms with Gasteiger partial charge in [0, 0.05) is 18.7 Å². The zero-order valence-corrected chi connectivity index (χ0v) is 12.0. The van der Waals surface area contributed by atoms with E-state index in [0.29, 0.717) is 17.3 Å². The molecule has 1 atom stereocenters. The number of benzene rings is 1. The number of H-pyrrole nitrogens is 1. The van der Waals surface area contributed by atoms with Gasteiger partial charge in [0.25, 0.3) is 5.91 Å². The van der Waals surface area contributed by atoms with Gasteiger partial charge in [0.2, 0.25) is 0 Å². The van der Waals surface area contributed by atoms with Crippen molar-refractivity contribution in [3.63, 3.8) is 0 Å². The molecule has 1 aliphatic rings. The van der Waals surface area contributed by atoms with E-state index in [9.17, 15) is 9.18 Å². The van der Waals surface area contributed by atoms with Crippen LogP contribution in [0.15, 0.2) is 30.3 Å². The number of carbonyl (C=O) groups is 1. The summed E-state index contributed by atoms with van der Waals surface area (Å²) in [5.74, 6) is 0.248. The minimum atomic E-state index is -0.284. The highest BCUT2D eigenvalue weighted by Crippen LogP contribution is 2.21. The number of carbonyl (C=O) groups excluding carboxylic acids is 1. The minimum Gasteiger partial charge on any atom is -0.337 e. The Hall–Kier alpha value is -2.17. The van der Waals surface area contributed by atoms with Crippen LogP contribution in [0.2, 0.25) is 0 Å². The molecule has 0 radical (unpaired) electrons. The molecule has 1 aromatic carbocycles. The third kappa shape index (κ3) is 2.96. The number of nitrogens with one attached hydrogen (secondary N) is 1. The second kappa shape index (κ2) is 5.68. The lowest BCUT2D eigenvalue weighted by molar-refractivity contribution is 0.0677. The summed E-state index contributed by atoms with van der Waals surface area (Å²) in [6.45, 7) is 3.76. The van der Waals surface area contributed by atoms with Gasteiger partial charge in [-0.25, -0.2) is 4.39 Å². The highest BCUT2D eigenvalue weighted by Gasteiger charge is 2.23. The Morgan fingerprint density at radius 1 is 1.38 bits per heavy atom. The number of aromatic nitrogens is 2. The number of rotatable bonds is 2. The Balaban J connectivity index is 1.78. The summed E-state index contributed by atoms with van der Waals surface area (Å²) >= 11 is 0. The van der Waals surface area contributed by atoms with Crippen molar-refractivity contribution in [2.24, 2.45) is 5.92 Å². The van der Waals surface area contributed by atoms with Crippen molar-refractivity contribution in [3.05, 3.63) is 41.8 Å². The van der Waals surface area contributed by atoms with Gasteiger partial charge in [-0.05, 0) is 49.1 Å². The minimum absolute atomic E-state index is 0.0117. The molecule has 0 aliphatic carbocycles. The number of amides is 1. The standard InChI is InChI=1S/C16H18FN3O/c1-11-3-2-8-20(10-11)16(21)15-9-14(18-19-15)12-4-6-13(17)7-5-12/h4-7,9,11H,2-3,8,10H2,1H3,(H,18,19)/t11-/m1/s1. The number of hydrogen-bond acceptors (Lipinski definition) is 2. The fraction of sp³-hybridized carbons (Fsp3) is 0.375. The van der Waals surface area contributed by atoms with E-state index in [4.69, 9.17) is 0 Å². The second-order valence-electron chi connectivity index (χ2n) is 5.67. The van der Waals surface area contributed by atoms with Crippen LogP contribution in [0.1, 0.15) is 30.3 Å². The van der Waals surface area contributed by atoms with Crippen LogP contribution in [0.25, 0.3) is 11.3 Å². The molecule has 5 heteroatoms. The van der Waals surface area contributed by atoms with Crippen molar-refractivity contribution in [1.82, 2.24) is 15.1 Å². The van der Waals surface area contributed by atoms with E-state index in [-0.39, 0.29) is 11.7 Å². The average molecular weight is 287 g/mol. The first-order chi connectivity index (χ1) is 10.1. The Morgan fingerprint density at radius 2 is 2.14 bits per heavy atom. The van der Waals surface area contributed by atoms with Crippen LogP contribution >= 0.6 is 0 Å². The highest BCUT2D eigenvalue weighted by atomic mass is 19.1. The predicted molar refractivity (Wildman–Crippen MR) is 78.3 cm³/mol. The summed E-state index contributed by atoms with van der Waals surface area (Å²) < 4.78 is 12.9. The van der Waals surface area contributed by atoms with Crippen LogP contribution in [0, 0.1) is 11.7 Å². The van der Waals surface area contributed by atoms with E-state index in [2.05, 4.69) is 17.1 Å². The largest absolute Gasteiger partial charge is 0.337 e. The van der Waals surface area contributed by atoms with Gasteiger partial charge in [-0.15, -0.1) is 0 Å². The van der Waals surface area contributed by atoms with Gasteiger partial charge in [0.1, 0.15) is 11.5 Å². The van der Waals surface area contributed by atoms with Crippen molar-refractivity contribution < 1.29 is 9.18 Å². The monoisotopic (exact) mass is 287 g/mol. The lowest BCUT2D eigenvalue weighted by Crippen LogP contribution is -2.39. The summed E-state index contributed by atoms with van der Waals surface area (Å²) in [6, 6.07) is 7.82. The Labute approximate surface area is 123 Å². The molecule has 1 saturated heterocycles. The van der Waals surface area contributed by atoms with Crippen LogP contribution in [0.3, 0.4) is 0 Å². The van der Waals surface area contributed by atoms with Gasteiger partial charge in [-0.2, -0.15) is 5.10 Å². The molecule has 3 rings (SSSR count). The third-order valence-electron chi connectivity index (χ3n) is 3.89. The molecule has 1 amide bonds. The first kappa shape index (κ1) is 13.8. The maximum atomic E-state index is 12.9. The number of halogens is 1. The number of likely N-dealkylation sites (tertiary alicyclic amines) is 1. The maximum Gasteiger partial charge on any atom is 0.271 e. The predicted octanol–water partition coefficient (Wildman–Crippen LogP) is 3.09. The molecule has 1 N–H and O–H groups in total. The molecule has 0 unspecified atom stereocenters. The topological polar surface area (TPSA) is 49.0 Å². The SMILES string of the molecule is C[C@@H]1CCCN(C(=O)c2cc(-c3ccc(F)cc3)n[nH]2)C1. The molecule has 2 aromatic rings. The highest BCUT2D eigenvalue weighted by molar-refractivity contribution is 5.93. The molecule has 1 fully saturated rings. The van der Waals surface area contributed by atoms with Gasteiger partial charge in [0.15, 0.2) is 0 Å². The molecule has 21 heavy (non-hydrogen) atoms. The van der Waals surface area contributed by atoms with E-state index >= 15 is 0 Å². The van der Waals surface area contributed by atoms with Crippen molar-refractivity contribution >= 4 is 5.91 Å². The zero-order chi connectivity index (χ0) is 14.8. The number of aromatic amines is 1. The third-order valence-corrected chi connectivity index (χ3v) is 3.89. The van der Waals surface area contributed by atoms with Crippen molar-refractivity contribution in [2.75, 3.05) is 13.1 Å². The fourth-order valence-corrected chi connectivity index (χ4v) is 2.74. The average Bonchev–Trinajstić information content (AvgIpc) is 2.97. The lowest BCUT2D eigenvalue weighted by atomic mass is 10.00. The Morgan fingerprint density at radius 3 is 2.86 bits per heavy atom. The second-order valence-corrected chi connectivity index (χ2v) is 5.67. The summed E-state index contributed by atoms with van der Waals surface area (Å²) in [6.07, 6.45) is 2.22. The fourth-order valence-electron chi connectivity index (χ4n) is 2.74. The van der Waals surface area contributed by atoms with Crippen molar-refractivity contribution in [3.8, 4) is 11.3 Å². The molecule has 4 nitrogen and oxygen atoms in total. The molecule has 110 valence electrons. The Bertz CT molecular complexity index is 635. The zero-order valence-electron chi connectivity index (χ0n) is 12.0. The summed E-state index contributed by atoms with van der Waals surface area (Å²) in [5.41, 5.74) is 1.94. The summed E-state index contributed by atoms with van der Waals surface area (Å²) in [4.78, 5) is 14.3. The number of nitrogens with zero attached hydrogens (tertiary/aromatic N) is 2. The smallest absolute Gasteiger partial charge is 0.271 e. The molecule has 1 aromatic heterocycles. The van der Waals surface area contributed by atoms with Crippen molar-refractivity contribution in [1.29, 1.82) is 0 Å². The van der Waals surface area contributed by atoms with E-state index < -0.39 is 0 Å². The van der Waals surface area contributed by atoms with E-state index in [1.165, 1.54) is 18.6 Å². The molecule has 0 saturated carbocycles. The first-order valence-corrected chi connectivity index (χ1v) is 7.24. The Kier molecular flexibility index (Phi) is 3.73. The lowest BCUT2D eigenvalue weighted by Gasteiger charge is -2.30. The molecule has 0 bridgehead atoms. The normalized spacial score (nSPS) is 18.8. The quantitative estimate of drug-likeness (QED) is 0.922. The summed E-state index contributed by atoms with van der Waals surface area (Å²) in [5, 5.41) is 6.95. The van der Waals surface area contributed by atoms with E-state index in [0.717, 1.165) is 25.1 Å². The van der Waals surface area contributed by atoms with Gasteiger partial charge in [-0.1, -0.05) is 6.92 Å². The van der Waals surface area contributed by atoms with Gasteiger partial charge in [0.05, 0.1) is 5.69 Å². The first-order valence-electron chi connectivity index (χ1n) is 7.24. The molecule has 1 aliphatic heterocycles. The van der Waals surface area contributed by atoms with Crippen molar-refractivity contribution in [2.45, 2.75) is 19.8 Å². The van der Waals surface area contributed by atoms with Crippen LogP contribution in [-0.2, 0) is 0 Å². The molecular weight excluding hydrogens is 269 g/mol. The molecule has 2 heterocycles. The van der Waals surface area contributed by atoms with Gasteiger partial charge in [-0.3, -0.25) is 9.89 Å². The van der Waals surface area contributed by atoms with Crippen LogP contribution in [0.5, 0.6) is 0 Å².